The molecule has 0 amide bonds. The van der Waals surface area contributed by atoms with Crippen molar-refractivity contribution in [3.63, 3.8) is 0 Å². The van der Waals surface area contributed by atoms with Gasteiger partial charge in [0, 0.05) is 11.8 Å². The lowest BCUT2D eigenvalue weighted by Crippen LogP contribution is -1.96. The summed E-state index contributed by atoms with van der Waals surface area (Å²) in [5.74, 6) is 0.502. The quantitative estimate of drug-likeness (QED) is 0.623. The normalized spacial score (nSPS) is 14.4. The maximum atomic E-state index is 9.53. The predicted octanol–water partition coefficient (Wildman–Crippen LogP) is 2.48. The van der Waals surface area contributed by atoms with Gasteiger partial charge in [0.25, 0.3) is 0 Å². The predicted molar refractivity (Wildman–Crippen MR) is 59.7 cm³/mol. The molecule has 1 N–H and O–H groups in total. The zero-order valence-electron chi connectivity index (χ0n) is 7.50. The fraction of sp³-hybridized carbons (Fsp3) is 0.111. The van der Waals surface area contributed by atoms with Gasteiger partial charge in [0.2, 0.25) is 0 Å². The van der Waals surface area contributed by atoms with Crippen LogP contribution in [-0.2, 0) is 16.3 Å². The minimum absolute atomic E-state index is 0.181. The van der Waals surface area contributed by atoms with Crippen LogP contribution >= 0.6 is 6.72 Å². The standard InChI is InChI=1S/C9H11O3PS/c1-2-8-11-13(10,14)12-9-6-4-3-5-7-9/h2-7H,1,8H2,(H,10,14). The highest BCUT2D eigenvalue weighted by molar-refractivity contribution is 8.07. The van der Waals surface area contributed by atoms with Crippen LogP contribution < -0.4 is 4.52 Å². The second-order valence-corrected chi connectivity index (χ2v) is 5.22. The molecule has 0 spiro atoms. The summed E-state index contributed by atoms with van der Waals surface area (Å²) in [6.45, 7) is 0.463. The molecule has 1 aromatic carbocycles. The molecule has 1 aromatic rings. The highest BCUT2D eigenvalue weighted by Gasteiger charge is 2.15. The van der Waals surface area contributed by atoms with Gasteiger partial charge in [-0.3, -0.25) is 4.52 Å². The molecule has 0 aromatic heterocycles. The van der Waals surface area contributed by atoms with E-state index in [0.29, 0.717) is 5.75 Å². The van der Waals surface area contributed by atoms with Gasteiger partial charge in [0.1, 0.15) is 5.75 Å². The molecule has 0 aliphatic rings. The molecule has 5 heteroatoms. The molecule has 1 atom stereocenters. The van der Waals surface area contributed by atoms with E-state index in [1.807, 2.05) is 6.07 Å². The van der Waals surface area contributed by atoms with E-state index in [1.165, 1.54) is 6.08 Å². The third-order valence-electron chi connectivity index (χ3n) is 1.32. The summed E-state index contributed by atoms with van der Waals surface area (Å²) in [6.07, 6.45) is 1.51. The molecule has 0 heterocycles. The summed E-state index contributed by atoms with van der Waals surface area (Å²) in [4.78, 5) is 9.53. The van der Waals surface area contributed by atoms with Crippen LogP contribution in [0.4, 0.5) is 0 Å². The van der Waals surface area contributed by atoms with Gasteiger partial charge in [-0.25, -0.2) is 0 Å². The van der Waals surface area contributed by atoms with Crippen molar-refractivity contribution in [1.82, 2.24) is 0 Å². The minimum Gasteiger partial charge on any atom is -0.424 e. The van der Waals surface area contributed by atoms with E-state index in [0.717, 1.165) is 0 Å². The summed E-state index contributed by atoms with van der Waals surface area (Å²) >= 11 is 4.77. The van der Waals surface area contributed by atoms with E-state index >= 15 is 0 Å². The van der Waals surface area contributed by atoms with Gasteiger partial charge >= 0.3 is 6.72 Å². The SMILES string of the molecule is C=CCOP(O)(=S)Oc1ccccc1. The smallest absolute Gasteiger partial charge is 0.378 e. The van der Waals surface area contributed by atoms with Crippen molar-refractivity contribution < 1.29 is 13.9 Å². The molecule has 1 unspecified atom stereocenters. The van der Waals surface area contributed by atoms with E-state index in [1.54, 1.807) is 24.3 Å². The maximum absolute atomic E-state index is 9.53. The molecular weight excluding hydrogens is 219 g/mol. The second kappa shape index (κ2) is 5.27. The van der Waals surface area contributed by atoms with Crippen LogP contribution in [0.5, 0.6) is 5.75 Å². The average molecular weight is 230 g/mol. The van der Waals surface area contributed by atoms with E-state index in [-0.39, 0.29) is 6.61 Å². The first-order valence-corrected chi connectivity index (χ1v) is 6.56. The first kappa shape index (κ1) is 11.4. The van der Waals surface area contributed by atoms with Crippen LogP contribution in [0.15, 0.2) is 43.0 Å². The van der Waals surface area contributed by atoms with Crippen molar-refractivity contribution in [2.45, 2.75) is 0 Å². The summed E-state index contributed by atoms with van der Waals surface area (Å²) in [5, 5.41) is 0. The molecule has 0 radical (unpaired) electrons. The maximum Gasteiger partial charge on any atom is 0.378 e. The van der Waals surface area contributed by atoms with Crippen LogP contribution in [0.3, 0.4) is 0 Å². The van der Waals surface area contributed by atoms with Crippen LogP contribution in [-0.4, -0.2) is 11.5 Å². The fourth-order valence-corrected chi connectivity index (χ4v) is 1.96. The number of hydrogen-bond donors (Lipinski definition) is 1. The summed E-state index contributed by atoms with van der Waals surface area (Å²) in [5.41, 5.74) is 0. The van der Waals surface area contributed by atoms with Crippen molar-refractivity contribution in [3.8, 4) is 5.75 Å². The Kier molecular flexibility index (Phi) is 4.29. The van der Waals surface area contributed by atoms with Crippen LogP contribution in [0.25, 0.3) is 0 Å². The molecular formula is C9H11O3PS. The lowest BCUT2D eigenvalue weighted by Gasteiger charge is -2.15. The molecule has 3 nitrogen and oxygen atoms in total. The molecule has 0 saturated heterocycles. The highest BCUT2D eigenvalue weighted by atomic mass is 32.5. The Labute approximate surface area is 88.2 Å². The Morgan fingerprint density at radius 2 is 2.07 bits per heavy atom. The second-order valence-electron chi connectivity index (χ2n) is 2.46. The topological polar surface area (TPSA) is 38.7 Å². The Bertz CT molecular complexity index is 339. The van der Waals surface area contributed by atoms with Gasteiger partial charge in [-0.2, -0.15) is 0 Å². The van der Waals surface area contributed by atoms with Gasteiger partial charge in [-0.15, -0.1) is 6.58 Å². The van der Waals surface area contributed by atoms with E-state index in [2.05, 4.69) is 6.58 Å². The summed E-state index contributed by atoms with van der Waals surface area (Å²) in [7, 11) is 0. The largest absolute Gasteiger partial charge is 0.424 e. The van der Waals surface area contributed by atoms with Crippen molar-refractivity contribution in [1.29, 1.82) is 0 Å². The van der Waals surface area contributed by atoms with Crippen molar-refractivity contribution in [2.75, 3.05) is 6.61 Å². The van der Waals surface area contributed by atoms with E-state index in [9.17, 15) is 4.89 Å². The van der Waals surface area contributed by atoms with Gasteiger partial charge in [0.15, 0.2) is 0 Å². The monoisotopic (exact) mass is 230 g/mol. The molecule has 0 bridgehead atoms. The molecule has 0 saturated carbocycles. The van der Waals surface area contributed by atoms with Gasteiger partial charge in [-0.1, -0.05) is 24.3 Å². The van der Waals surface area contributed by atoms with Crippen LogP contribution in [0.2, 0.25) is 0 Å². The van der Waals surface area contributed by atoms with Gasteiger partial charge < -0.3 is 9.42 Å². The summed E-state index contributed by atoms with van der Waals surface area (Å²) < 4.78 is 10.0. The molecule has 0 aliphatic heterocycles. The Morgan fingerprint density at radius 3 is 2.64 bits per heavy atom. The first-order valence-electron chi connectivity index (χ1n) is 3.97. The fourth-order valence-electron chi connectivity index (χ4n) is 0.788. The van der Waals surface area contributed by atoms with E-state index in [4.69, 9.17) is 20.9 Å². The highest BCUT2D eigenvalue weighted by Crippen LogP contribution is 2.43. The average Bonchev–Trinajstić information content (AvgIpc) is 2.16. The van der Waals surface area contributed by atoms with Crippen molar-refractivity contribution in [3.05, 3.63) is 43.0 Å². The zero-order valence-corrected chi connectivity index (χ0v) is 9.21. The van der Waals surface area contributed by atoms with Crippen molar-refractivity contribution >= 4 is 18.5 Å². The van der Waals surface area contributed by atoms with Gasteiger partial charge in [-0.05, 0) is 12.1 Å². The summed E-state index contributed by atoms with van der Waals surface area (Å²) in [6, 6.07) is 8.83. The number of hydrogen-bond acceptors (Lipinski definition) is 3. The lowest BCUT2D eigenvalue weighted by atomic mass is 10.3. The first-order chi connectivity index (χ1) is 6.64. The number of rotatable bonds is 5. The molecule has 1 rings (SSSR count). The zero-order chi connectivity index (χ0) is 10.4. The number of benzene rings is 1. The number of para-hydroxylation sites is 1. The van der Waals surface area contributed by atoms with Gasteiger partial charge in [0.05, 0.1) is 6.61 Å². The minimum atomic E-state index is -3.17. The Morgan fingerprint density at radius 1 is 1.43 bits per heavy atom. The molecule has 76 valence electrons. The molecule has 0 fully saturated rings. The van der Waals surface area contributed by atoms with Crippen molar-refractivity contribution in [2.24, 2.45) is 0 Å². The third kappa shape index (κ3) is 4.03. The Hall–Kier alpha value is -0.670. The van der Waals surface area contributed by atoms with Crippen LogP contribution in [0, 0.1) is 0 Å². The third-order valence-corrected chi connectivity index (χ3v) is 2.78. The van der Waals surface area contributed by atoms with Crippen LogP contribution in [0.1, 0.15) is 0 Å². The van der Waals surface area contributed by atoms with E-state index < -0.39 is 6.72 Å². The lowest BCUT2D eigenvalue weighted by molar-refractivity contribution is 0.284. The molecule has 0 aliphatic carbocycles. The Balaban J connectivity index is 2.59. The molecule has 14 heavy (non-hydrogen) atoms.